The number of fused-ring (bicyclic) bond motifs is 1. The molecule has 0 amide bonds. The zero-order chi connectivity index (χ0) is 10.8. The lowest BCUT2D eigenvalue weighted by Gasteiger charge is -2.18. The van der Waals surface area contributed by atoms with Gasteiger partial charge in [0.15, 0.2) is 5.78 Å². The van der Waals surface area contributed by atoms with Crippen LogP contribution in [0, 0.1) is 0 Å². The molecule has 0 fully saturated rings. The molecule has 1 aliphatic rings. The van der Waals surface area contributed by atoms with Crippen LogP contribution in [-0.2, 0) is 12.8 Å². The van der Waals surface area contributed by atoms with Crippen LogP contribution in [0.5, 0.6) is 0 Å². The van der Waals surface area contributed by atoms with Crippen LogP contribution in [0.2, 0.25) is 0 Å². The van der Waals surface area contributed by atoms with Gasteiger partial charge in [0.05, 0.1) is 0 Å². The van der Waals surface area contributed by atoms with Gasteiger partial charge in [-0.05, 0) is 36.8 Å². The van der Waals surface area contributed by atoms with Gasteiger partial charge in [0.1, 0.15) is 3.74 Å². The highest BCUT2D eigenvalue weighted by atomic mass is 79.9. The maximum atomic E-state index is 11.9. The van der Waals surface area contributed by atoms with Crippen molar-refractivity contribution in [3.8, 4) is 0 Å². The Kier molecular flexibility index (Phi) is 3.62. The molecule has 80 valence electrons. The van der Waals surface area contributed by atoms with Gasteiger partial charge in [-0.15, -0.1) is 0 Å². The second-order valence-electron chi connectivity index (χ2n) is 3.82. The number of aryl methyl sites for hydroxylation is 1. The summed E-state index contributed by atoms with van der Waals surface area (Å²) in [5.41, 5.74) is 3.50. The van der Waals surface area contributed by atoms with E-state index in [0.29, 0.717) is 0 Å². The maximum Gasteiger partial charge on any atom is 0.187 e. The molecule has 1 nitrogen and oxygen atoms in total. The van der Waals surface area contributed by atoms with E-state index in [9.17, 15) is 4.79 Å². The van der Waals surface area contributed by atoms with Crippen molar-refractivity contribution in [2.45, 2.75) is 29.4 Å². The van der Waals surface area contributed by atoms with E-state index in [4.69, 9.17) is 0 Å². The van der Waals surface area contributed by atoms with E-state index in [-0.39, 0.29) is 9.52 Å². The standard InChI is InChI=1S/C12H12Br2O/c13-12(14)11(15)10-7-3-5-8-4-1-2-6-9(8)10/h3,5,7,12H,1-2,4,6H2. The van der Waals surface area contributed by atoms with Gasteiger partial charge in [0.25, 0.3) is 0 Å². The highest BCUT2D eigenvalue weighted by Gasteiger charge is 2.20. The van der Waals surface area contributed by atoms with Crippen LogP contribution in [0.15, 0.2) is 18.2 Å². The van der Waals surface area contributed by atoms with E-state index in [2.05, 4.69) is 37.9 Å². The van der Waals surface area contributed by atoms with Crippen LogP contribution in [0.4, 0.5) is 0 Å². The first kappa shape index (κ1) is 11.3. The molecule has 2 rings (SSSR count). The van der Waals surface area contributed by atoms with Crippen molar-refractivity contribution in [1.29, 1.82) is 0 Å². The van der Waals surface area contributed by atoms with Crippen LogP contribution < -0.4 is 0 Å². The van der Waals surface area contributed by atoms with E-state index in [1.165, 1.54) is 24.0 Å². The summed E-state index contributed by atoms with van der Waals surface area (Å²) in [6.45, 7) is 0. The molecule has 0 N–H and O–H groups in total. The van der Waals surface area contributed by atoms with Gasteiger partial charge >= 0.3 is 0 Å². The van der Waals surface area contributed by atoms with Gasteiger partial charge in [0, 0.05) is 5.56 Å². The molecule has 0 heterocycles. The Labute approximate surface area is 107 Å². The molecule has 0 radical (unpaired) electrons. The van der Waals surface area contributed by atoms with Crippen LogP contribution in [0.25, 0.3) is 0 Å². The lowest BCUT2D eigenvalue weighted by molar-refractivity contribution is 0.101. The summed E-state index contributed by atoms with van der Waals surface area (Å²) in [6.07, 6.45) is 4.61. The molecular formula is C12H12Br2O. The molecule has 1 aromatic carbocycles. The average molecular weight is 332 g/mol. The fourth-order valence-electron chi connectivity index (χ4n) is 2.13. The predicted molar refractivity (Wildman–Crippen MR) is 69.1 cm³/mol. The largest absolute Gasteiger partial charge is 0.292 e. The highest BCUT2D eigenvalue weighted by molar-refractivity contribution is 9.25. The summed E-state index contributed by atoms with van der Waals surface area (Å²) in [7, 11) is 0. The number of hydrogen-bond acceptors (Lipinski definition) is 1. The third-order valence-corrected chi connectivity index (χ3v) is 3.69. The van der Waals surface area contributed by atoms with Crippen LogP contribution in [-0.4, -0.2) is 9.52 Å². The lowest BCUT2D eigenvalue weighted by atomic mass is 9.87. The fraction of sp³-hybridized carbons (Fsp3) is 0.417. The van der Waals surface area contributed by atoms with Gasteiger partial charge < -0.3 is 0 Å². The molecule has 0 aliphatic heterocycles. The molecule has 0 aromatic heterocycles. The third-order valence-electron chi connectivity index (χ3n) is 2.86. The second kappa shape index (κ2) is 4.79. The quantitative estimate of drug-likeness (QED) is 0.594. The van der Waals surface area contributed by atoms with E-state index < -0.39 is 0 Å². The second-order valence-corrected chi connectivity index (χ2v) is 6.88. The predicted octanol–water partition coefficient (Wildman–Crippen LogP) is 3.86. The van der Waals surface area contributed by atoms with Crippen molar-refractivity contribution in [2.75, 3.05) is 0 Å². The molecule has 0 bridgehead atoms. The van der Waals surface area contributed by atoms with Gasteiger partial charge in [0.2, 0.25) is 0 Å². The van der Waals surface area contributed by atoms with Crippen LogP contribution in [0.1, 0.15) is 34.3 Å². The highest BCUT2D eigenvalue weighted by Crippen LogP contribution is 2.27. The van der Waals surface area contributed by atoms with Gasteiger partial charge in [-0.2, -0.15) is 0 Å². The Bertz CT molecular complexity index is 385. The number of rotatable bonds is 2. The van der Waals surface area contributed by atoms with Crippen LogP contribution in [0.3, 0.4) is 0 Å². The Morgan fingerprint density at radius 3 is 2.67 bits per heavy atom. The van der Waals surface area contributed by atoms with Gasteiger partial charge in [-0.1, -0.05) is 50.1 Å². The van der Waals surface area contributed by atoms with Crippen molar-refractivity contribution in [3.63, 3.8) is 0 Å². The van der Waals surface area contributed by atoms with E-state index in [1.54, 1.807) is 0 Å². The van der Waals surface area contributed by atoms with Crippen molar-refractivity contribution in [3.05, 3.63) is 34.9 Å². The molecule has 1 aliphatic carbocycles. The average Bonchev–Trinajstić information content (AvgIpc) is 2.27. The first-order valence-electron chi connectivity index (χ1n) is 5.13. The van der Waals surface area contributed by atoms with E-state index in [1.807, 2.05) is 12.1 Å². The van der Waals surface area contributed by atoms with Gasteiger partial charge in [-0.25, -0.2) is 0 Å². The van der Waals surface area contributed by atoms with Crippen molar-refractivity contribution in [1.82, 2.24) is 0 Å². The third kappa shape index (κ3) is 2.34. The number of alkyl halides is 2. The van der Waals surface area contributed by atoms with Crippen molar-refractivity contribution < 1.29 is 4.79 Å². The smallest absolute Gasteiger partial charge is 0.187 e. The Balaban J connectivity index is 2.43. The normalized spacial score (nSPS) is 15.1. The first-order valence-corrected chi connectivity index (χ1v) is 6.96. The SMILES string of the molecule is O=C(c1cccc2c1CCCC2)C(Br)Br. The molecule has 1 aromatic rings. The monoisotopic (exact) mass is 330 g/mol. The minimum Gasteiger partial charge on any atom is -0.292 e. The minimum atomic E-state index is -0.265. The summed E-state index contributed by atoms with van der Waals surface area (Å²) < 4.78 is -0.265. The zero-order valence-electron chi connectivity index (χ0n) is 8.30. The first-order chi connectivity index (χ1) is 7.20. The number of halogens is 2. The van der Waals surface area contributed by atoms with E-state index in [0.717, 1.165) is 18.4 Å². The number of hydrogen-bond donors (Lipinski definition) is 0. The van der Waals surface area contributed by atoms with Crippen molar-refractivity contribution in [2.24, 2.45) is 0 Å². The fourth-order valence-corrected chi connectivity index (χ4v) is 2.62. The molecule has 3 heteroatoms. The van der Waals surface area contributed by atoms with E-state index >= 15 is 0 Å². The number of ketones is 1. The lowest BCUT2D eigenvalue weighted by Crippen LogP contribution is -2.14. The zero-order valence-corrected chi connectivity index (χ0v) is 11.5. The Morgan fingerprint density at radius 1 is 1.20 bits per heavy atom. The summed E-state index contributed by atoms with van der Waals surface area (Å²) >= 11 is 6.54. The van der Waals surface area contributed by atoms with Crippen molar-refractivity contribution >= 4 is 37.6 Å². The van der Waals surface area contributed by atoms with Gasteiger partial charge in [-0.3, -0.25) is 4.79 Å². The molecule has 0 saturated heterocycles. The molecule has 0 saturated carbocycles. The number of Topliss-reactive ketones (excluding diaryl/α,β-unsaturated/α-hetero) is 1. The summed E-state index contributed by atoms with van der Waals surface area (Å²) in [5.74, 6) is 0.133. The number of benzene rings is 1. The topological polar surface area (TPSA) is 17.1 Å². The molecule has 0 unspecified atom stereocenters. The molecular weight excluding hydrogens is 320 g/mol. The number of carbonyl (C=O) groups excluding carboxylic acids is 1. The summed E-state index contributed by atoms with van der Waals surface area (Å²) in [6, 6.07) is 6.06. The summed E-state index contributed by atoms with van der Waals surface area (Å²) in [5, 5.41) is 0. The maximum absolute atomic E-state index is 11.9. The summed E-state index contributed by atoms with van der Waals surface area (Å²) in [4.78, 5) is 11.9. The molecule has 15 heavy (non-hydrogen) atoms. The molecule has 0 spiro atoms. The Morgan fingerprint density at radius 2 is 1.93 bits per heavy atom. The molecule has 0 atom stereocenters. The minimum absolute atomic E-state index is 0.133. The van der Waals surface area contributed by atoms with Crippen LogP contribution >= 0.6 is 31.9 Å². The Hall–Kier alpha value is -0.150. The number of carbonyl (C=O) groups is 1.